The Kier molecular flexibility index (Phi) is 5.12. The SMILES string of the molecule is Cc1c([N+](=O)[O-])cc(C(=O)Oc2ccc(-c3ccccc3)cc2)cc1[N+](=O)[O-]. The van der Waals surface area contributed by atoms with E-state index in [1.807, 2.05) is 30.3 Å². The number of hydrogen-bond acceptors (Lipinski definition) is 6. The van der Waals surface area contributed by atoms with Crippen LogP contribution in [0.5, 0.6) is 5.75 Å². The summed E-state index contributed by atoms with van der Waals surface area (Å²) in [4.78, 5) is 33.1. The lowest BCUT2D eigenvalue weighted by Crippen LogP contribution is -2.10. The molecule has 0 aliphatic rings. The van der Waals surface area contributed by atoms with Crippen LogP contribution in [0.3, 0.4) is 0 Å². The fourth-order valence-corrected chi connectivity index (χ4v) is 2.69. The predicted molar refractivity (Wildman–Crippen MR) is 101 cm³/mol. The summed E-state index contributed by atoms with van der Waals surface area (Å²) in [5.41, 5.74) is 0.489. The number of rotatable bonds is 5. The molecule has 3 aromatic rings. The van der Waals surface area contributed by atoms with Crippen molar-refractivity contribution in [3.05, 3.63) is 98.1 Å². The topological polar surface area (TPSA) is 113 Å². The highest BCUT2D eigenvalue weighted by atomic mass is 16.6. The van der Waals surface area contributed by atoms with E-state index in [4.69, 9.17) is 4.74 Å². The zero-order valence-electron chi connectivity index (χ0n) is 14.7. The van der Waals surface area contributed by atoms with Crippen molar-refractivity contribution in [2.24, 2.45) is 0 Å². The lowest BCUT2D eigenvalue weighted by Gasteiger charge is -2.07. The van der Waals surface area contributed by atoms with Gasteiger partial charge >= 0.3 is 5.97 Å². The van der Waals surface area contributed by atoms with Gasteiger partial charge in [0.05, 0.1) is 15.4 Å². The van der Waals surface area contributed by atoms with Crippen molar-refractivity contribution in [1.29, 1.82) is 0 Å². The number of nitro groups is 2. The molecule has 0 N–H and O–H groups in total. The van der Waals surface area contributed by atoms with Crippen LogP contribution in [-0.4, -0.2) is 15.8 Å². The quantitative estimate of drug-likeness (QED) is 0.275. The fraction of sp³-hybridized carbons (Fsp3) is 0.0500. The average molecular weight is 378 g/mol. The maximum Gasteiger partial charge on any atom is 0.344 e. The summed E-state index contributed by atoms with van der Waals surface area (Å²) in [6.07, 6.45) is 0. The molecular weight excluding hydrogens is 364 g/mol. The van der Waals surface area contributed by atoms with Crippen molar-refractivity contribution in [2.75, 3.05) is 0 Å². The normalized spacial score (nSPS) is 10.3. The van der Waals surface area contributed by atoms with E-state index >= 15 is 0 Å². The first-order valence-electron chi connectivity index (χ1n) is 8.18. The van der Waals surface area contributed by atoms with E-state index in [0.717, 1.165) is 23.3 Å². The lowest BCUT2D eigenvalue weighted by atomic mass is 10.1. The molecule has 3 aromatic carbocycles. The highest BCUT2D eigenvalue weighted by Crippen LogP contribution is 2.30. The van der Waals surface area contributed by atoms with Gasteiger partial charge in [0.2, 0.25) is 0 Å². The Labute approximate surface area is 159 Å². The number of benzene rings is 3. The maximum absolute atomic E-state index is 12.4. The van der Waals surface area contributed by atoms with Crippen LogP contribution in [-0.2, 0) is 0 Å². The Morgan fingerprint density at radius 1 is 0.821 bits per heavy atom. The average Bonchev–Trinajstić information content (AvgIpc) is 2.69. The molecule has 0 saturated carbocycles. The third-order valence-electron chi connectivity index (χ3n) is 4.15. The highest BCUT2D eigenvalue weighted by molar-refractivity contribution is 5.93. The molecule has 0 aliphatic carbocycles. The van der Waals surface area contributed by atoms with Crippen LogP contribution in [0.1, 0.15) is 15.9 Å². The molecule has 0 bridgehead atoms. The largest absolute Gasteiger partial charge is 0.423 e. The van der Waals surface area contributed by atoms with Crippen molar-refractivity contribution >= 4 is 17.3 Å². The molecule has 28 heavy (non-hydrogen) atoms. The van der Waals surface area contributed by atoms with E-state index < -0.39 is 27.2 Å². The molecule has 0 radical (unpaired) electrons. The number of carbonyl (C=O) groups excluding carboxylic acids is 1. The van der Waals surface area contributed by atoms with Crippen molar-refractivity contribution in [3.63, 3.8) is 0 Å². The van der Waals surface area contributed by atoms with Gasteiger partial charge in [-0.15, -0.1) is 0 Å². The van der Waals surface area contributed by atoms with Gasteiger partial charge in [0.1, 0.15) is 11.3 Å². The van der Waals surface area contributed by atoms with Crippen molar-refractivity contribution < 1.29 is 19.4 Å². The summed E-state index contributed by atoms with van der Waals surface area (Å²) in [5.74, 6) is -0.700. The molecule has 0 saturated heterocycles. The first-order valence-corrected chi connectivity index (χ1v) is 8.18. The van der Waals surface area contributed by atoms with Crippen molar-refractivity contribution in [2.45, 2.75) is 6.92 Å². The molecule has 0 aliphatic heterocycles. The van der Waals surface area contributed by atoms with Crippen LogP contribution in [0.25, 0.3) is 11.1 Å². The molecular formula is C20H14N2O6. The fourth-order valence-electron chi connectivity index (χ4n) is 2.69. The van der Waals surface area contributed by atoms with Crippen LogP contribution in [0.4, 0.5) is 11.4 Å². The van der Waals surface area contributed by atoms with E-state index in [0.29, 0.717) is 0 Å². The summed E-state index contributed by atoms with van der Waals surface area (Å²) < 4.78 is 5.22. The molecule has 8 heteroatoms. The molecule has 0 heterocycles. The van der Waals surface area contributed by atoms with Crippen molar-refractivity contribution in [3.8, 4) is 16.9 Å². The van der Waals surface area contributed by atoms with Gasteiger partial charge in [0.15, 0.2) is 0 Å². The van der Waals surface area contributed by atoms with E-state index in [2.05, 4.69) is 0 Å². The summed E-state index contributed by atoms with van der Waals surface area (Å²) >= 11 is 0. The van der Waals surface area contributed by atoms with Crippen LogP contribution in [0, 0.1) is 27.2 Å². The number of nitrogens with zero attached hydrogens (tertiary/aromatic N) is 2. The summed E-state index contributed by atoms with van der Waals surface area (Å²) in [7, 11) is 0. The van der Waals surface area contributed by atoms with E-state index in [1.165, 1.54) is 6.92 Å². The van der Waals surface area contributed by atoms with Gasteiger partial charge in [-0.05, 0) is 30.2 Å². The molecule has 0 spiro atoms. The standard InChI is InChI=1S/C20H14N2O6/c1-13-18(21(24)25)11-16(12-19(13)22(26)27)20(23)28-17-9-7-15(8-10-17)14-5-3-2-4-6-14/h2-12H,1H3. The molecule has 3 rings (SSSR count). The number of hydrogen-bond donors (Lipinski definition) is 0. The van der Waals surface area contributed by atoms with Gasteiger partial charge in [-0.1, -0.05) is 42.5 Å². The minimum atomic E-state index is -0.918. The lowest BCUT2D eigenvalue weighted by molar-refractivity contribution is -0.395. The van der Waals surface area contributed by atoms with Gasteiger partial charge in [0, 0.05) is 12.1 Å². The highest BCUT2D eigenvalue weighted by Gasteiger charge is 2.26. The number of ether oxygens (including phenoxy) is 1. The smallest absolute Gasteiger partial charge is 0.344 e. The van der Waals surface area contributed by atoms with Gasteiger partial charge < -0.3 is 4.74 Å². The number of nitro benzene ring substituents is 2. The predicted octanol–water partition coefficient (Wildman–Crippen LogP) is 4.70. The second-order valence-corrected chi connectivity index (χ2v) is 5.93. The Hall–Kier alpha value is -4.07. The molecule has 0 unspecified atom stereocenters. The first-order chi connectivity index (χ1) is 13.4. The van der Waals surface area contributed by atoms with Gasteiger partial charge in [0.25, 0.3) is 11.4 Å². The van der Waals surface area contributed by atoms with E-state index in [1.54, 1.807) is 24.3 Å². The van der Waals surface area contributed by atoms with Crippen molar-refractivity contribution in [1.82, 2.24) is 0 Å². The molecule has 0 atom stereocenters. The van der Waals surface area contributed by atoms with Crippen LogP contribution >= 0.6 is 0 Å². The summed E-state index contributed by atoms with van der Waals surface area (Å²) in [6.45, 7) is 1.26. The summed E-state index contributed by atoms with van der Waals surface area (Å²) in [5, 5.41) is 22.3. The van der Waals surface area contributed by atoms with Gasteiger partial charge in [-0.2, -0.15) is 0 Å². The van der Waals surface area contributed by atoms with Gasteiger partial charge in [-0.25, -0.2) is 4.79 Å². The summed E-state index contributed by atoms with van der Waals surface area (Å²) in [6, 6.07) is 18.2. The molecule has 0 amide bonds. The van der Waals surface area contributed by atoms with Crippen LogP contribution in [0.2, 0.25) is 0 Å². The third kappa shape index (κ3) is 3.85. The number of carbonyl (C=O) groups is 1. The maximum atomic E-state index is 12.4. The first kappa shape index (κ1) is 18.7. The zero-order chi connectivity index (χ0) is 20.3. The molecule has 140 valence electrons. The minimum Gasteiger partial charge on any atom is -0.423 e. The Bertz CT molecular complexity index is 1030. The molecule has 8 nitrogen and oxygen atoms in total. The second kappa shape index (κ2) is 7.67. The second-order valence-electron chi connectivity index (χ2n) is 5.93. The third-order valence-corrected chi connectivity index (χ3v) is 4.15. The Morgan fingerprint density at radius 3 is 1.82 bits per heavy atom. The molecule has 0 fully saturated rings. The van der Waals surface area contributed by atoms with Crippen LogP contribution < -0.4 is 4.74 Å². The zero-order valence-corrected chi connectivity index (χ0v) is 14.7. The van der Waals surface area contributed by atoms with E-state index in [9.17, 15) is 25.0 Å². The Morgan fingerprint density at radius 2 is 1.32 bits per heavy atom. The van der Waals surface area contributed by atoms with Crippen LogP contribution in [0.15, 0.2) is 66.7 Å². The number of esters is 1. The van der Waals surface area contributed by atoms with Gasteiger partial charge in [-0.3, -0.25) is 20.2 Å². The Balaban J connectivity index is 1.87. The minimum absolute atomic E-state index is 0.126. The monoisotopic (exact) mass is 378 g/mol. The molecule has 0 aromatic heterocycles. The van der Waals surface area contributed by atoms with E-state index in [-0.39, 0.29) is 16.9 Å².